The van der Waals surface area contributed by atoms with Gasteiger partial charge < -0.3 is 30.8 Å². The smallest absolute Gasteiger partial charge is 0.329 e. The number of hydrogen-bond acceptors (Lipinski definition) is 6. The molecule has 0 radical (unpaired) electrons. The summed E-state index contributed by atoms with van der Waals surface area (Å²) in [5, 5.41) is 50.8. The molecule has 0 fully saturated rings. The molecule has 0 rings (SSSR count). The van der Waals surface area contributed by atoms with Crippen LogP contribution < -0.4 is 5.32 Å². The van der Waals surface area contributed by atoms with Crippen LogP contribution in [0.3, 0.4) is 0 Å². The zero-order valence-electron chi connectivity index (χ0n) is 18.4. The summed E-state index contributed by atoms with van der Waals surface area (Å²) in [5.41, 5.74) is 0. The van der Waals surface area contributed by atoms with Gasteiger partial charge in [-0.3, -0.25) is 4.79 Å². The Morgan fingerprint density at radius 3 is 1.97 bits per heavy atom. The normalized spacial score (nSPS) is 16.7. The van der Waals surface area contributed by atoms with Crippen molar-refractivity contribution in [2.45, 2.75) is 115 Å². The van der Waals surface area contributed by atoms with Crippen molar-refractivity contribution >= 4 is 11.9 Å². The van der Waals surface area contributed by atoms with Crippen LogP contribution in [0.1, 0.15) is 84.5 Å². The first-order valence-electron chi connectivity index (χ1n) is 11.1. The monoisotopic (exact) mass is 431 g/mol. The Balaban J connectivity index is 4.01. The van der Waals surface area contributed by atoms with Crippen LogP contribution in [0.4, 0.5) is 0 Å². The molecule has 0 aromatic heterocycles. The molecule has 0 saturated heterocycles. The Labute approximate surface area is 180 Å². The van der Waals surface area contributed by atoms with Crippen molar-refractivity contribution in [1.29, 1.82) is 0 Å². The fourth-order valence-corrected chi connectivity index (χ4v) is 3.21. The predicted octanol–water partition coefficient (Wildman–Crippen LogP) is 1.89. The van der Waals surface area contributed by atoms with Gasteiger partial charge in [0.1, 0.15) is 18.3 Å². The maximum Gasteiger partial charge on any atom is 0.329 e. The highest BCUT2D eigenvalue weighted by atomic mass is 16.4. The van der Waals surface area contributed by atoms with E-state index in [1.165, 1.54) is 25.3 Å². The third-order valence-electron chi connectivity index (χ3n) is 5.05. The third kappa shape index (κ3) is 13.7. The number of aliphatic hydroxyl groups excluding tert-OH is 4. The second kappa shape index (κ2) is 17.2. The van der Waals surface area contributed by atoms with Gasteiger partial charge >= 0.3 is 5.97 Å². The lowest BCUT2D eigenvalue weighted by atomic mass is 10.00. The molecule has 176 valence electrons. The average molecular weight is 432 g/mol. The quantitative estimate of drug-likeness (QED) is 0.143. The van der Waals surface area contributed by atoms with Crippen LogP contribution in [0.25, 0.3) is 0 Å². The van der Waals surface area contributed by atoms with Gasteiger partial charge in [-0.15, -0.1) is 0 Å². The van der Waals surface area contributed by atoms with E-state index in [0.29, 0.717) is 6.42 Å². The average Bonchev–Trinajstić information content (AvgIpc) is 2.69. The highest BCUT2D eigenvalue weighted by Crippen LogP contribution is 2.13. The summed E-state index contributed by atoms with van der Waals surface area (Å²) in [6.45, 7) is 3.26. The number of aliphatic hydroxyl groups is 4. The summed E-state index contributed by atoms with van der Waals surface area (Å²) in [4.78, 5) is 22.1. The van der Waals surface area contributed by atoms with Gasteiger partial charge in [0.05, 0.1) is 6.10 Å². The molecule has 5 atom stereocenters. The Morgan fingerprint density at radius 1 is 0.867 bits per heavy atom. The van der Waals surface area contributed by atoms with Crippen LogP contribution in [0, 0.1) is 0 Å². The highest BCUT2D eigenvalue weighted by Gasteiger charge is 2.35. The molecule has 5 unspecified atom stereocenters. The number of carbonyl (C=O) groups is 2. The molecule has 0 heterocycles. The van der Waals surface area contributed by atoms with Gasteiger partial charge in [0.15, 0.2) is 6.04 Å². The molecular weight excluding hydrogens is 390 g/mol. The second-order valence-electron chi connectivity index (χ2n) is 7.91. The van der Waals surface area contributed by atoms with Gasteiger partial charge in [-0.1, -0.05) is 64.0 Å². The van der Waals surface area contributed by atoms with Crippen molar-refractivity contribution in [2.24, 2.45) is 0 Å². The molecule has 0 aliphatic rings. The largest absolute Gasteiger partial charge is 0.480 e. The first-order chi connectivity index (χ1) is 14.2. The fourth-order valence-electron chi connectivity index (χ4n) is 3.21. The molecule has 0 aromatic carbocycles. The minimum atomic E-state index is -1.85. The van der Waals surface area contributed by atoms with E-state index in [0.717, 1.165) is 51.9 Å². The van der Waals surface area contributed by atoms with Gasteiger partial charge in [0, 0.05) is 6.92 Å². The SMILES string of the molecule is CCCCCCC(O)CCCCCCC=CC(O)C(O)C(O)C(NC(C)=O)C(=O)O. The van der Waals surface area contributed by atoms with E-state index >= 15 is 0 Å². The van der Waals surface area contributed by atoms with Crippen molar-refractivity contribution in [1.82, 2.24) is 5.32 Å². The highest BCUT2D eigenvalue weighted by molar-refractivity contribution is 5.82. The van der Waals surface area contributed by atoms with E-state index in [4.69, 9.17) is 5.11 Å². The molecule has 0 aliphatic heterocycles. The van der Waals surface area contributed by atoms with Crippen LogP contribution in [0.15, 0.2) is 12.2 Å². The summed E-state index contributed by atoms with van der Waals surface area (Å²) < 4.78 is 0. The molecule has 0 aliphatic carbocycles. The van der Waals surface area contributed by atoms with Crippen molar-refractivity contribution in [3.8, 4) is 0 Å². The predicted molar refractivity (Wildman–Crippen MR) is 115 cm³/mol. The van der Waals surface area contributed by atoms with Gasteiger partial charge in [-0.05, 0) is 25.7 Å². The number of aliphatic carboxylic acids is 1. The van der Waals surface area contributed by atoms with E-state index < -0.39 is 36.2 Å². The van der Waals surface area contributed by atoms with Gasteiger partial charge in [0.25, 0.3) is 0 Å². The number of carboxylic acid groups (broad SMARTS) is 1. The third-order valence-corrected chi connectivity index (χ3v) is 5.05. The zero-order chi connectivity index (χ0) is 22.9. The summed E-state index contributed by atoms with van der Waals surface area (Å²) in [6, 6.07) is -1.71. The van der Waals surface area contributed by atoms with Crippen LogP contribution in [-0.2, 0) is 9.59 Å². The molecule has 0 bridgehead atoms. The molecule has 8 heteroatoms. The lowest BCUT2D eigenvalue weighted by Gasteiger charge is -2.26. The maximum atomic E-state index is 11.1. The number of unbranched alkanes of at least 4 members (excludes halogenated alkanes) is 7. The van der Waals surface area contributed by atoms with E-state index in [9.17, 15) is 30.0 Å². The molecular formula is C22H41NO7. The Kier molecular flexibility index (Phi) is 16.4. The summed E-state index contributed by atoms with van der Waals surface area (Å²) in [7, 11) is 0. The number of allylic oxidation sites excluding steroid dienone is 1. The molecule has 30 heavy (non-hydrogen) atoms. The summed E-state index contributed by atoms with van der Waals surface area (Å²) in [5.74, 6) is -2.17. The number of rotatable bonds is 18. The topological polar surface area (TPSA) is 147 Å². The standard InChI is InChI=1S/C22H41NO7/c1-3-4-5-10-13-17(25)14-11-8-6-7-9-12-15-18(26)20(27)21(28)19(22(29)30)23-16(2)24/h12,15,17-21,25-28H,3-11,13-14H2,1-2H3,(H,23,24)(H,29,30). The second-order valence-corrected chi connectivity index (χ2v) is 7.91. The lowest BCUT2D eigenvalue weighted by Crippen LogP contribution is -2.55. The minimum absolute atomic E-state index is 0.211. The number of carboxylic acids is 1. The molecule has 0 aromatic rings. The molecule has 0 saturated carbocycles. The molecule has 6 N–H and O–H groups in total. The number of amides is 1. The van der Waals surface area contributed by atoms with E-state index in [2.05, 4.69) is 6.92 Å². The van der Waals surface area contributed by atoms with E-state index in [1.54, 1.807) is 6.08 Å². The Morgan fingerprint density at radius 2 is 1.43 bits per heavy atom. The van der Waals surface area contributed by atoms with Crippen molar-refractivity contribution < 1.29 is 35.1 Å². The van der Waals surface area contributed by atoms with E-state index in [-0.39, 0.29) is 6.10 Å². The number of hydrogen-bond donors (Lipinski definition) is 6. The molecule has 8 nitrogen and oxygen atoms in total. The zero-order valence-corrected chi connectivity index (χ0v) is 18.4. The Bertz CT molecular complexity index is 498. The lowest BCUT2D eigenvalue weighted by molar-refractivity contribution is -0.149. The Hall–Kier alpha value is -1.48. The van der Waals surface area contributed by atoms with Crippen LogP contribution in [0.5, 0.6) is 0 Å². The maximum absolute atomic E-state index is 11.1. The number of carbonyl (C=O) groups excluding carboxylic acids is 1. The summed E-state index contributed by atoms with van der Waals surface area (Å²) >= 11 is 0. The van der Waals surface area contributed by atoms with Crippen molar-refractivity contribution in [2.75, 3.05) is 0 Å². The first kappa shape index (κ1) is 28.5. The fraction of sp³-hybridized carbons (Fsp3) is 0.818. The van der Waals surface area contributed by atoms with Crippen molar-refractivity contribution in [3.05, 3.63) is 12.2 Å². The number of nitrogens with one attached hydrogen (secondary N) is 1. The summed E-state index contributed by atoms with van der Waals surface area (Å²) in [6.07, 6.45) is 8.67. The first-order valence-corrected chi connectivity index (χ1v) is 11.1. The van der Waals surface area contributed by atoms with Crippen LogP contribution in [-0.4, -0.2) is 67.9 Å². The van der Waals surface area contributed by atoms with Crippen LogP contribution in [0.2, 0.25) is 0 Å². The van der Waals surface area contributed by atoms with E-state index in [1.807, 2.05) is 5.32 Å². The minimum Gasteiger partial charge on any atom is -0.480 e. The molecule has 0 spiro atoms. The molecule has 1 amide bonds. The van der Waals surface area contributed by atoms with Crippen LogP contribution >= 0.6 is 0 Å². The van der Waals surface area contributed by atoms with Gasteiger partial charge in [-0.25, -0.2) is 4.79 Å². The van der Waals surface area contributed by atoms with Crippen molar-refractivity contribution in [3.63, 3.8) is 0 Å². The van der Waals surface area contributed by atoms with Gasteiger partial charge in [-0.2, -0.15) is 0 Å². The van der Waals surface area contributed by atoms with Gasteiger partial charge in [0.2, 0.25) is 5.91 Å².